The molecule has 0 atom stereocenters. The second kappa shape index (κ2) is 5.41. The largest absolute Gasteiger partial charge is 0.482 e. The van der Waals surface area contributed by atoms with Gasteiger partial charge in [0.1, 0.15) is 6.61 Å². The van der Waals surface area contributed by atoms with Gasteiger partial charge < -0.3 is 9.47 Å². The zero-order valence-electron chi connectivity index (χ0n) is 7.72. The van der Waals surface area contributed by atoms with E-state index in [9.17, 15) is 4.79 Å². The van der Waals surface area contributed by atoms with Gasteiger partial charge in [0.15, 0.2) is 0 Å². The van der Waals surface area contributed by atoms with Crippen LogP contribution >= 0.6 is 0 Å². The molecule has 0 aromatic heterocycles. The van der Waals surface area contributed by atoms with E-state index in [1.807, 2.05) is 6.92 Å². The first-order valence-corrected chi connectivity index (χ1v) is 3.63. The second-order valence-electron chi connectivity index (χ2n) is 2.39. The number of methoxy groups -OCH3 is 1. The third-order valence-electron chi connectivity index (χ3n) is 1.12. The molecule has 0 aliphatic rings. The van der Waals surface area contributed by atoms with E-state index in [2.05, 4.69) is 11.3 Å². The predicted molar refractivity (Wildman–Crippen MR) is 46.5 cm³/mol. The lowest BCUT2D eigenvalue weighted by atomic mass is 10.4. The van der Waals surface area contributed by atoms with Gasteiger partial charge in [0.25, 0.3) is 0 Å². The molecule has 0 aliphatic carbocycles. The van der Waals surface area contributed by atoms with Gasteiger partial charge in [-0.15, -0.1) is 0 Å². The summed E-state index contributed by atoms with van der Waals surface area (Å²) in [7, 11) is 1.32. The van der Waals surface area contributed by atoms with Crippen LogP contribution in [0.1, 0.15) is 13.8 Å². The van der Waals surface area contributed by atoms with Crippen molar-refractivity contribution in [2.24, 2.45) is 0 Å². The number of allylic oxidation sites excluding steroid dienone is 1. The molecule has 0 aromatic rings. The lowest BCUT2D eigenvalue weighted by Crippen LogP contribution is -2.09. The van der Waals surface area contributed by atoms with Crippen LogP contribution < -0.4 is 0 Å². The lowest BCUT2D eigenvalue weighted by molar-refractivity contribution is -0.140. The van der Waals surface area contributed by atoms with Crippen LogP contribution in [0.4, 0.5) is 0 Å². The SMILES string of the molecule is C=C(C)CO/C(=C\C)C(=O)OC. The van der Waals surface area contributed by atoms with Gasteiger partial charge in [-0.05, 0) is 25.5 Å². The molecule has 0 heterocycles. The molecule has 0 saturated heterocycles. The maximum absolute atomic E-state index is 10.9. The van der Waals surface area contributed by atoms with Gasteiger partial charge in [-0.25, -0.2) is 4.79 Å². The molecule has 0 radical (unpaired) electrons. The number of carbonyl (C=O) groups excluding carboxylic acids is 1. The standard InChI is InChI=1S/C9H14O3/c1-5-8(9(10)11-4)12-6-7(2)3/h5H,2,6H2,1,3-4H3/b8-5-. The Morgan fingerprint density at radius 2 is 2.17 bits per heavy atom. The zero-order valence-corrected chi connectivity index (χ0v) is 7.72. The second-order valence-corrected chi connectivity index (χ2v) is 2.39. The fraction of sp³-hybridized carbons (Fsp3) is 0.444. The molecule has 3 nitrogen and oxygen atoms in total. The van der Waals surface area contributed by atoms with Crippen molar-refractivity contribution in [1.82, 2.24) is 0 Å². The maximum Gasteiger partial charge on any atom is 0.372 e. The first kappa shape index (κ1) is 10.8. The fourth-order valence-electron chi connectivity index (χ4n) is 0.562. The quantitative estimate of drug-likeness (QED) is 0.278. The number of esters is 1. The molecule has 0 aliphatic heterocycles. The normalized spacial score (nSPS) is 10.8. The van der Waals surface area contributed by atoms with Crippen molar-refractivity contribution in [1.29, 1.82) is 0 Å². The van der Waals surface area contributed by atoms with E-state index >= 15 is 0 Å². The van der Waals surface area contributed by atoms with Crippen LogP contribution in [0.15, 0.2) is 24.0 Å². The average Bonchev–Trinajstić information content (AvgIpc) is 2.04. The minimum Gasteiger partial charge on any atom is -0.482 e. The molecule has 0 rings (SSSR count). The van der Waals surface area contributed by atoms with Crippen molar-refractivity contribution in [3.05, 3.63) is 24.0 Å². The molecule has 3 heteroatoms. The van der Waals surface area contributed by atoms with Crippen LogP contribution in [0.2, 0.25) is 0 Å². The molecule has 0 N–H and O–H groups in total. The Balaban J connectivity index is 4.02. The summed E-state index contributed by atoms with van der Waals surface area (Å²) >= 11 is 0. The Morgan fingerprint density at radius 1 is 1.58 bits per heavy atom. The first-order chi connectivity index (χ1) is 5.61. The molecule has 0 amide bonds. The van der Waals surface area contributed by atoms with E-state index in [-0.39, 0.29) is 5.76 Å². The van der Waals surface area contributed by atoms with E-state index in [4.69, 9.17) is 4.74 Å². The summed E-state index contributed by atoms with van der Waals surface area (Å²) in [5.41, 5.74) is 0.859. The number of hydrogen-bond acceptors (Lipinski definition) is 3. The summed E-state index contributed by atoms with van der Waals surface area (Å²) in [6, 6.07) is 0. The van der Waals surface area contributed by atoms with Crippen LogP contribution in [0.3, 0.4) is 0 Å². The highest BCUT2D eigenvalue weighted by atomic mass is 16.6. The minimum absolute atomic E-state index is 0.223. The van der Waals surface area contributed by atoms with Gasteiger partial charge >= 0.3 is 5.97 Å². The Hall–Kier alpha value is -1.25. The highest BCUT2D eigenvalue weighted by Gasteiger charge is 2.08. The highest BCUT2D eigenvalue weighted by molar-refractivity contribution is 5.85. The lowest BCUT2D eigenvalue weighted by Gasteiger charge is -2.06. The molecule has 0 aromatic carbocycles. The summed E-state index contributed by atoms with van der Waals surface area (Å²) < 4.78 is 9.57. The Kier molecular flexibility index (Phi) is 4.84. The van der Waals surface area contributed by atoms with Gasteiger partial charge in [-0.1, -0.05) is 6.58 Å². The van der Waals surface area contributed by atoms with E-state index in [1.54, 1.807) is 13.0 Å². The molecule has 0 unspecified atom stereocenters. The monoisotopic (exact) mass is 170 g/mol. The number of rotatable bonds is 4. The molecule has 0 fully saturated rings. The number of carbonyl (C=O) groups is 1. The Morgan fingerprint density at radius 3 is 2.50 bits per heavy atom. The van der Waals surface area contributed by atoms with Crippen molar-refractivity contribution in [3.8, 4) is 0 Å². The highest BCUT2D eigenvalue weighted by Crippen LogP contribution is 2.02. The van der Waals surface area contributed by atoms with Crippen molar-refractivity contribution in [2.75, 3.05) is 13.7 Å². The van der Waals surface area contributed by atoms with Gasteiger partial charge in [0.2, 0.25) is 5.76 Å². The van der Waals surface area contributed by atoms with Gasteiger partial charge in [0, 0.05) is 0 Å². The summed E-state index contributed by atoms with van der Waals surface area (Å²) in [6.07, 6.45) is 1.56. The molecular weight excluding hydrogens is 156 g/mol. The van der Waals surface area contributed by atoms with Gasteiger partial charge in [0.05, 0.1) is 7.11 Å². The molecule has 68 valence electrons. The van der Waals surface area contributed by atoms with Crippen molar-refractivity contribution in [3.63, 3.8) is 0 Å². The third-order valence-corrected chi connectivity index (χ3v) is 1.12. The smallest absolute Gasteiger partial charge is 0.372 e. The number of hydrogen-bond donors (Lipinski definition) is 0. The Bertz CT molecular complexity index is 204. The molecule has 0 bridgehead atoms. The van der Waals surface area contributed by atoms with E-state index < -0.39 is 5.97 Å². The maximum atomic E-state index is 10.9. The fourth-order valence-corrected chi connectivity index (χ4v) is 0.562. The van der Waals surface area contributed by atoms with Gasteiger partial charge in [-0.3, -0.25) is 0 Å². The summed E-state index contributed by atoms with van der Waals surface area (Å²) in [5.74, 6) is -0.237. The molecule has 0 saturated carbocycles. The van der Waals surface area contributed by atoms with E-state index in [0.29, 0.717) is 6.61 Å². The zero-order chi connectivity index (χ0) is 9.56. The first-order valence-electron chi connectivity index (χ1n) is 3.63. The van der Waals surface area contributed by atoms with Crippen LogP contribution in [0.25, 0.3) is 0 Å². The summed E-state index contributed by atoms with van der Waals surface area (Å²) in [5, 5.41) is 0. The molecule has 12 heavy (non-hydrogen) atoms. The van der Waals surface area contributed by atoms with E-state index in [1.165, 1.54) is 7.11 Å². The predicted octanol–water partition coefficient (Wildman–Crippen LogP) is 1.66. The van der Waals surface area contributed by atoms with E-state index in [0.717, 1.165) is 5.57 Å². The summed E-state index contributed by atoms with van der Waals surface area (Å²) in [6.45, 7) is 7.52. The van der Waals surface area contributed by atoms with Crippen LogP contribution in [0.5, 0.6) is 0 Å². The van der Waals surface area contributed by atoms with Crippen molar-refractivity contribution < 1.29 is 14.3 Å². The molecular formula is C9H14O3. The molecule has 0 spiro atoms. The van der Waals surface area contributed by atoms with Crippen LogP contribution in [-0.4, -0.2) is 19.7 Å². The van der Waals surface area contributed by atoms with Crippen molar-refractivity contribution in [2.45, 2.75) is 13.8 Å². The van der Waals surface area contributed by atoms with Gasteiger partial charge in [-0.2, -0.15) is 0 Å². The van der Waals surface area contributed by atoms with Crippen molar-refractivity contribution >= 4 is 5.97 Å². The Labute approximate surface area is 72.7 Å². The summed E-state index contributed by atoms with van der Waals surface area (Å²) in [4.78, 5) is 10.9. The topological polar surface area (TPSA) is 35.5 Å². The van der Waals surface area contributed by atoms with Crippen LogP contribution in [0, 0.1) is 0 Å². The van der Waals surface area contributed by atoms with Crippen LogP contribution in [-0.2, 0) is 14.3 Å². The number of ether oxygens (including phenoxy) is 2. The third kappa shape index (κ3) is 3.81. The minimum atomic E-state index is -0.459. The average molecular weight is 170 g/mol.